The summed E-state index contributed by atoms with van der Waals surface area (Å²) in [6.07, 6.45) is 2.07. The number of rotatable bonds is 4. The number of ether oxygens (including phenoxy) is 1. The topological polar surface area (TPSA) is 55.6 Å². The molecule has 3 aromatic rings. The molecule has 5 nitrogen and oxygen atoms in total. The molecule has 4 rings (SSSR count). The van der Waals surface area contributed by atoms with Gasteiger partial charge in [-0.2, -0.15) is 0 Å². The van der Waals surface area contributed by atoms with E-state index in [1.807, 2.05) is 38.1 Å². The smallest absolute Gasteiger partial charge is 0.263 e. The van der Waals surface area contributed by atoms with E-state index in [4.69, 9.17) is 9.15 Å². The summed E-state index contributed by atoms with van der Waals surface area (Å²) in [4.78, 5) is 19.6. The molecule has 0 aliphatic carbocycles. The second kappa shape index (κ2) is 6.61. The summed E-state index contributed by atoms with van der Waals surface area (Å²) in [7, 11) is 0. The van der Waals surface area contributed by atoms with E-state index in [1.54, 1.807) is 11.0 Å². The van der Waals surface area contributed by atoms with Crippen LogP contribution in [0.4, 0.5) is 5.13 Å². The number of fused-ring (bicyclic) bond motifs is 1. The zero-order valence-corrected chi connectivity index (χ0v) is 15.1. The van der Waals surface area contributed by atoms with Crippen LogP contribution in [-0.4, -0.2) is 30.1 Å². The number of carbonyl (C=O) groups is 1. The number of thiazole rings is 1. The van der Waals surface area contributed by atoms with Crippen LogP contribution in [0.3, 0.4) is 0 Å². The van der Waals surface area contributed by atoms with Crippen LogP contribution in [-0.2, 0) is 4.74 Å². The van der Waals surface area contributed by atoms with Gasteiger partial charge in [-0.15, -0.1) is 0 Å². The van der Waals surface area contributed by atoms with Crippen LogP contribution in [0.2, 0.25) is 0 Å². The molecule has 0 radical (unpaired) electrons. The third-order valence-electron chi connectivity index (χ3n) is 4.44. The maximum Gasteiger partial charge on any atom is 0.263 e. The minimum absolute atomic E-state index is 0.0595. The molecule has 1 amide bonds. The average molecular weight is 356 g/mol. The Kier molecular flexibility index (Phi) is 4.31. The molecule has 2 aromatic heterocycles. The second-order valence-corrected chi connectivity index (χ2v) is 7.35. The van der Waals surface area contributed by atoms with Gasteiger partial charge in [-0.1, -0.05) is 23.5 Å². The van der Waals surface area contributed by atoms with Crippen LogP contribution in [0.1, 0.15) is 34.7 Å². The second-order valence-electron chi connectivity index (χ2n) is 6.34. The highest BCUT2D eigenvalue weighted by Gasteiger charge is 2.28. The van der Waals surface area contributed by atoms with Crippen molar-refractivity contribution in [1.29, 1.82) is 0 Å². The summed E-state index contributed by atoms with van der Waals surface area (Å²) in [5.41, 5.74) is 1.50. The first-order chi connectivity index (χ1) is 12.1. The summed E-state index contributed by atoms with van der Waals surface area (Å²) in [5, 5.41) is 0.708. The molecular weight excluding hydrogens is 336 g/mol. The van der Waals surface area contributed by atoms with Crippen molar-refractivity contribution in [2.75, 3.05) is 18.1 Å². The Hall–Kier alpha value is -2.18. The molecule has 0 saturated carbocycles. The molecule has 0 bridgehead atoms. The number of aromatic nitrogens is 1. The number of hydrogen-bond acceptors (Lipinski definition) is 5. The number of aryl methyl sites for hydroxylation is 2. The Morgan fingerprint density at radius 2 is 2.20 bits per heavy atom. The summed E-state index contributed by atoms with van der Waals surface area (Å²) in [6.45, 7) is 4.95. The van der Waals surface area contributed by atoms with Crippen molar-refractivity contribution in [3.05, 3.63) is 47.4 Å². The Morgan fingerprint density at radius 1 is 1.36 bits per heavy atom. The van der Waals surface area contributed by atoms with Gasteiger partial charge in [0.2, 0.25) is 0 Å². The zero-order chi connectivity index (χ0) is 17.4. The van der Waals surface area contributed by atoms with E-state index in [-0.39, 0.29) is 12.0 Å². The normalized spacial score (nSPS) is 17.3. The molecule has 3 heterocycles. The maximum absolute atomic E-state index is 13.2. The van der Waals surface area contributed by atoms with Gasteiger partial charge >= 0.3 is 0 Å². The Bertz CT molecular complexity index is 875. The molecule has 25 heavy (non-hydrogen) atoms. The van der Waals surface area contributed by atoms with Crippen molar-refractivity contribution in [2.45, 2.75) is 32.8 Å². The van der Waals surface area contributed by atoms with Gasteiger partial charge in [0.1, 0.15) is 11.5 Å². The van der Waals surface area contributed by atoms with E-state index in [0.29, 0.717) is 23.0 Å². The first-order valence-corrected chi connectivity index (χ1v) is 9.29. The highest BCUT2D eigenvalue weighted by Crippen LogP contribution is 2.31. The lowest BCUT2D eigenvalue weighted by molar-refractivity contribution is 0.0916. The van der Waals surface area contributed by atoms with Gasteiger partial charge in [0.25, 0.3) is 5.91 Å². The zero-order valence-electron chi connectivity index (χ0n) is 14.3. The predicted octanol–water partition coefficient (Wildman–Crippen LogP) is 4.33. The molecule has 1 aromatic carbocycles. The third kappa shape index (κ3) is 3.19. The predicted molar refractivity (Wildman–Crippen MR) is 98.5 cm³/mol. The summed E-state index contributed by atoms with van der Waals surface area (Å²) < 4.78 is 12.4. The van der Waals surface area contributed by atoms with Crippen LogP contribution in [0.25, 0.3) is 10.2 Å². The van der Waals surface area contributed by atoms with Crippen molar-refractivity contribution >= 4 is 32.6 Å². The molecule has 1 saturated heterocycles. The molecule has 1 unspecified atom stereocenters. The van der Waals surface area contributed by atoms with Crippen molar-refractivity contribution < 1.29 is 13.9 Å². The van der Waals surface area contributed by atoms with Gasteiger partial charge in [-0.25, -0.2) is 4.98 Å². The van der Waals surface area contributed by atoms with Crippen molar-refractivity contribution in [3.8, 4) is 0 Å². The van der Waals surface area contributed by atoms with Crippen molar-refractivity contribution in [2.24, 2.45) is 0 Å². The highest BCUT2D eigenvalue weighted by molar-refractivity contribution is 7.22. The largest absolute Gasteiger partial charge is 0.466 e. The van der Waals surface area contributed by atoms with E-state index in [9.17, 15) is 4.79 Å². The summed E-state index contributed by atoms with van der Waals surface area (Å²) in [5.74, 6) is 1.30. The van der Waals surface area contributed by atoms with Gasteiger partial charge in [0.05, 0.1) is 28.4 Å². The standard InChI is InChI=1S/C19H20N2O3S/c1-12-10-15(13(2)24-12)18(22)21(11-14-6-5-9-23-14)19-20-16-7-3-4-8-17(16)25-19/h3-4,7-8,10,14H,5-6,9,11H2,1-2H3. The first-order valence-electron chi connectivity index (χ1n) is 8.48. The third-order valence-corrected chi connectivity index (χ3v) is 5.50. The Labute approximate surface area is 150 Å². The summed E-state index contributed by atoms with van der Waals surface area (Å²) >= 11 is 1.53. The number of furan rings is 1. The van der Waals surface area contributed by atoms with Crippen LogP contribution in [0.5, 0.6) is 0 Å². The van der Waals surface area contributed by atoms with Gasteiger partial charge in [-0.3, -0.25) is 9.69 Å². The molecule has 0 spiro atoms. The number of amides is 1. The van der Waals surface area contributed by atoms with Crippen molar-refractivity contribution in [3.63, 3.8) is 0 Å². The van der Waals surface area contributed by atoms with Gasteiger partial charge < -0.3 is 9.15 Å². The highest BCUT2D eigenvalue weighted by atomic mass is 32.1. The van der Waals surface area contributed by atoms with Crippen LogP contribution in [0.15, 0.2) is 34.7 Å². The molecule has 1 aliphatic heterocycles. The molecule has 6 heteroatoms. The first kappa shape index (κ1) is 16.3. The van der Waals surface area contributed by atoms with E-state index in [2.05, 4.69) is 4.98 Å². The van der Waals surface area contributed by atoms with Crippen LogP contribution < -0.4 is 4.90 Å². The van der Waals surface area contributed by atoms with Crippen LogP contribution in [0, 0.1) is 13.8 Å². The lowest BCUT2D eigenvalue weighted by Crippen LogP contribution is -2.37. The Balaban J connectivity index is 1.72. The minimum Gasteiger partial charge on any atom is -0.466 e. The number of hydrogen-bond donors (Lipinski definition) is 0. The van der Waals surface area contributed by atoms with E-state index >= 15 is 0 Å². The van der Waals surface area contributed by atoms with E-state index < -0.39 is 0 Å². The van der Waals surface area contributed by atoms with E-state index in [1.165, 1.54) is 11.3 Å². The lowest BCUT2D eigenvalue weighted by atomic mass is 10.2. The van der Waals surface area contributed by atoms with Crippen molar-refractivity contribution in [1.82, 2.24) is 4.98 Å². The monoisotopic (exact) mass is 356 g/mol. The molecule has 130 valence electrons. The van der Waals surface area contributed by atoms with E-state index in [0.717, 1.165) is 35.4 Å². The maximum atomic E-state index is 13.2. The molecule has 1 aliphatic rings. The van der Waals surface area contributed by atoms with Gasteiger partial charge in [0, 0.05) is 6.61 Å². The quantitative estimate of drug-likeness (QED) is 0.698. The number of para-hydroxylation sites is 1. The number of carbonyl (C=O) groups excluding carboxylic acids is 1. The fourth-order valence-electron chi connectivity index (χ4n) is 3.20. The lowest BCUT2D eigenvalue weighted by Gasteiger charge is -2.22. The van der Waals surface area contributed by atoms with Gasteiger partial charge in [0.15, 0.2) is 5.13 Å². The molecule has 0 N–H and O–H groups in total. The summed E-state index contributed by atoms with van der Waals surface area (Å²) in [6, 6.07) is 9.74. The van der Waals surface area contributed by atoms with Crippen LogP contribution >= 0.6 is 11.3 Å². The number of benzene rings is 1. The molecule has 1 atom stereocenters. The average Bonchev–Trinajstić information content (AvgIpc) is 3.31. The SMILES string of the molecule is Cc1cc(C(=O)N(CC2CCCO2)c2nc3ccccc3s2)c(C)o1. The molecular formula is C19H20N2O3S. The number of nitrogens with zero attached hydrogens (tertiary/aromatic N) is 2. The molecule has 1 fully saturated rings. The minimum atomic E-state index is -0.0797. The van der Waals surface area contributed by atoms with Gasteiger partial charge in [-0.05, 0) is 44.9 Å². The fraction of sp³-hybridized carbons (Fsp3) is 0.368. The fourth-order valence-corrected chi connectivity index (χ4v) is 4.18. The number of anilines is 1. The Morgan fingerprint density at radius 3 is 2.88 bits per heavy atom.